The molecule has 0 amide bonds. The van der Waals surface area contributed by atoms with Crippen molar-refractivity contribution in [1.82, 2.24) is 9.55 Å². The van der Waals surface area contributed by atoms with Gasteiger partial charge in [0.1, 0.15) is 17.1 Å². The SMILES string of the molecule is CCCOc1cccc2c1nc(CCCl)n2CC1CC1. The molecule has 1 fully saturated rings. The van der Waals surface area contributed by atoms with Crippen molar-refractivity contribution >= 4 is 22.6 Å². The second-order valence-corrected chi connectivity index (χ2v) is 5.87. The molecule has 1 aliphatic rings. The number of rotatable bonds is 7. The van der Waals surface area contributed by atoms with Gasteiger partial charge in [0.05, 0.1) is 12.1 Å². The summed E-state index contributed by atoms with van der Waals surface area (Å²) >= 11 is 5.93. The molecule has 0 saturated heterocycles. The molecular formula is C16H21ClN2O. The first kappa shape index (κ1) is 13.7. The molecule has 20 heavy (non-hydrogen) atoms. The molecule has 0 spiro atoms. The maximum Gasteiger partial charge on any atom is 0.147 e. The monoisotopic (exact) mass is 292 g/mol. The molecule has 1 heterocycles. The van der Waals surface area contributed by atoms with Gasteiger partial charge in [0.2, 0.25) is 0 Å². The molecule has 0 bridgehead atoms. The van der Waals surface area contributed by atoms with Gasteiger partial charge in [-0.05, 0) is 37.3 Å². The van der Waals surface area contributed by atoms with Gasteiger partial charge >= 0.3 is 0 Å². The molecule has 0 atom stereocenters. The zero-order chi connectivity index (χ0) is 13.9. The second kappa shape index (κ2) is 6.04. The number of hydrogen-bond donors (Lipinski definition) is 0. The fourth-order valence-corrected chi connectivity index (χ4v) is 2.70. The normalized spacial score (nSPS) is 14.9. The predicted molar refractivity (Wildman–Crippen MR) is 82.7 cm³/mol. The summed E-state index contributed by atoms with van der Waals surface area (Å²) in [6.45, 7) is 3.92. The Morgan fingerprint density at radius 3 is 2.95 bits per heavy atom. The lowest BCUT2D eigenvalue weighted by Gasteiger charge is -2.08. The first-order valence-electron chi connectivity index (χ1n) is 7.50. The van der Waals surface area contributed by atoms with Crippen molar-refractivity contribution < 1.29 is 4.74 Å². The Balaban J connectivity index is 2.01. The van der Waals surface area contributed by atoms with Crippen LogP contribution in [0.15, 0.2) is 18.2 Å². The summed E-state index contributed by atoms with van der Waals surface area (Å²) in [6, 6.07) is 6.21. The summed E-state index contributed by atoms with van der Waals surface area (Å²) in [5, 5.41) is 0. The fraction of sp³-hybridized carbons (Fsp3) is 0.562. The minimum atomic E-state index is 0.610. The van der Waals surface area contributed by atoms with Crippen molar-refractivity contribution in [3.8, 4) is 5.75 Å². The first-order chi connectivity index (χ1) is 9.83. The van der Waals surface area contributed by atoms with E-state index in [9.17, 15) is 0 Å². The van der Waals surface area contributed by atoms with Crippen LogP contribution in [-0.2, 0) is 13.0 Å². The predicted octanol–water partition coefficient (Wildman–Crippen LogP) is 4.02. The molecule has 3 rings (SSSR count). The van der Waals surface area contributed by atoms with Crippen LogP contribution in [0.4, 0.5) is 0 Å². The van der Waals surface area contributed by atoms with E-state index in [1.54, 1.807) is 0 Å². The minimum absolute atomic E-state index is 0.610. The smallest absolute Gasteiger partial charge is 0.147 e. The van der Waals surface area contributed by atoms with E-state index in [2.05, 4.69) is 23.6 Å². The lowest BCUT2D eigenvalue weighted by atomic mass is 10.3. The van der Waals surface area contributed by atoms with Crippen molar-refractivity contribution in [1.29, 1.82) is 0 Å². The van der Waals surface area contributed by atoms with Crippen molar-refractivity contribution in [2.75, 3.05) is 12.5 Å². The number of benzene rings is 1. The Morgan fingerprint density at radius 1 is 1.40 bits per heavy atom. The Kier molecular flexibility index (Phi) is 4.16. The molecule has 0 radical (unpaired) electrons. The topological polar surface area (TPSA) is 27.1 Å². The lowest BCUT2D eigenvalue weighted by Crippen LogP contribution is -2.06. The fourth-order valence-electron chi connectivity index (χ4n) is 2.54. The number of ether oxygens (including phenoxy) is 1. The van der Waals surface area contributed by atoms with Crippen LogP contribution in [0.25, 0.3) is 11.0 Å². The van der Waals surface area contributed by atoms with Gasteiger partial charge in [-0.3, -0.25) is 0 Å². The van der Waals surface area contributed by atoms with E-state index >= 15 is 0 Å². The number of alkyl halides is 1. The molecular weight excluding hydrogens is 272 g/mol. The van der Waals surface area contributed by atoms with Crippen molar-refractivity contribution in [2.45, 2.75) is 39.2 Å². The number of halogens is 1. The summed E-state index contributed by atoms with van der Waals surface area (Å²) < 4.78 is 8.17. The summed E-state index contributed by atoms with van der Waals surface area (Å²) in [4.78, 5) is 4.79. The molecule has 1 aromatic heterocycles. The van der Waals surface area contributed by atoms with Crippen LogP contribution in [0, 0.1) is 5.92 Å². The second-order valence-electron chi connectivity index (χ2n) is 5.49. The van der Waals surface area contributed by atoms with E-state index in [-0.39, 0.29) is 0 Å². The Bertz CT molecular complexity index is 589. The maximum atomic E-state index is 5.93. The number of hydrogen-bond acceptors (Lipinski definition) is 2. The molecule has 2 aromatic rings. The minimum Gasteiger partial charge on any atom is -0.491 e. The van der Waals surface area contributed by atoms with E-state index in [4.69, 9.17) is 21.3 Å². The van der Waals surface area contributed by atoms with Gasteiger partial charge in [0.15, 0.2) is 0 Å². The number of fused-ring (bicyclic) bond motifs is 1. The third kappa shape index (κ3) is 2.78. The van der Waals surface area contributed by atoms with E-state index in [0.29, 0.717) is 5.88 Å². The average molecular weight is 293 g/mol. The summed E-state index contributed by atoms with van der Waals surface area (Å²) in [5.74, 6) is 3.42. The quantitative estimate of drug-likeness (QED) is 0.721. The number of para-hydroxylation sites is 1. The summed E-state index contributed by atoms with van der Waals surface area (Å²) in [7, 11) is 0. The Labute approximate surface area is 124 Å². The van der Waals surface area contributed by atoms with Gasteiger partial charge in [-0.2, -0.15) is 0 Å². The molecule has 108 valence electrons. The highest BCUT2D eigenvalue weighted by Crippen LogP contribution is 2.34. The van der Waals surface area contributed by atoms with Gasteiger partial charge in [-0.1, -0.05) is 13.0 Å². The van der Waals surface area contributed by atoms with Crippen LogP contribution in [0.5, 0.6) is 5.75 Å². The molecule has 1 aromatic carbocycles. The van der Waals surface area contributed by atoms with Crippen LogP contribution in [0.3, 0.4) is 0 Å². The van der Waals surface area contributed by atoms with Crippen molar-refractivity contribution in [3.63, 3.8) is 0 Å². The van der Waals surface area contributed by atoms with E-state index in [1.165, 1.54) is 18.4 Å². The van der Waals surface area contributed by atoms with Crippen LogP contribution in [-0.4, -0.2) is 22.0 Å². The zero-order valence-electron chi connectivity index (χ0n) is 11.9. The molecule has 0 unspecified atom stereocenters. The van der Waals surface area contributed by atoms with Crippen LogP contribution >= 0.6 is 11.6 Å². The van der Waals surface area contributed by atoms with Gasteiger partial charge in [-0.15, -0.1) is 11.6 Å². The third-order valence-corrected chi connectivity index (χ3v) is 3.93. The highest BCUT2D eigenvalue weighted by molar-refractivity contribution is 6.17. The van der Waals surface area contributed by atoms with Crippen LogP contribution < -0.4 is 4.74 Å². The third-order valence-electron chi connectivity index (χ3n) is 3.74. The maximum absolute atomic E-state index is 5.93. The van der Waals surface area contributed by atoms with E-state index in [0.717, 1.165) is 49.0 Å². The van der Waals surface area contributed by atoms with Crippen LogP contribution in [0.2, 0.25) is 0 Å². The largest absolute Gasteiger partial charge is 0.491 e. The molecule has 0 N–H and O–H groups in total. The highest BCUT2D eigenvalue weighted by Gasteiger charge is 2.24. The standard InChI is InChI=1S/C16H21ClN2O/c1-2-10-20-14-5-3-4-13-16(14)18-15(8-9-17)19(13)11-12-6-7-12/h3-5,12H,2,6-11H2,1H3. The average Bonchev–Trinajstić information content (AvgIpc) is 3.21. The Hall–Kier alpha value is -1.22. The van der Waals surface area contributed by atoms with Gasteiger partial charge in [0.25, 0.3) is 0 Å². The number of aromatic nitrogens is 2. The molecule has 4 heteroatoms. The van der Waals surface area contributed by atoms with Crippen molar-refractivity contribution in [2.24, 2.45) is 5.92 Å². The number of imidazole rings is 1. The van der Waals surface area contributed by atoms with Gasteiger partial charge in [-0.25, -0.2) is 4.98 Å². The molecule has 1 aliphatic carbocycles. The van der Waals surface area contributed by atoms with Crippen molar-refractivity contribution in [3.05, 3.63) is 24.0 Å². The van der Waals surface area contributed by atoms with Crippen LogP contribution in [0.1, 0.15) is 32.0 Å². The van der Waals surface area contributed by atoms with Gasteiger partial charge < -0.3 is 9.30 Å². The zero-order valence-corrected chi connectivity index (χ0v) is 12.7. The summed E-state index contributed by atoms with van der Waals surface area (Å²) in [5.41, 5.74) is 2.17. The molecule has 1 saturated carbocycles. The molecule has 3 nitrogen and oxygen atoms in total. The van der Waals surface area contributed by atoms with E-state index < -0.39 is 0 Å². The summed E-state index contributed by atoms with van der Waals surface area (Å²) in [6.07, 6.45) is 4.50. The lowest BCUT2D eigenvalue weighted by molar-refractivity contribution is 0.320. The molecule has 0 aliphatic heterocycles. The number of aryl methyl sites for hydroxylation is 1. The Morgan fingerprint density at radius 2 is 2.25 bits per heavy atom. The highest BCUT2D eigenvalue weighted by atomic mass is 35.5. The van der Waals surface area contributed by atoms with E-state index in [1.807, 2.05) is 6.07 Å². The first-order valence-corrected chi connectivity index (χ1v) is 8.03. The number of nitrogens with zero attached hydrogens (tertiary/aromatic N) is 2. The van der Waals surface area contributed by atoms with Gasteiger partial charge in [0, 0.05) is 18.8 Å².